The summed E-state index contributed by atoms with van der Waals surface area (Å²) < 4.78 is 0. The Morgan fingerprint density at radius 1 is 0.373 bits per heavy atom. The molecule has 9 rings (SSSR count). The van der Waals surface area contributed by atoms with Crippen molar-refractivity contribution in [3.63, 3.8) is 0 Å². The molecular weight excluding hydrogens is 637 g/mol. The zero-order chi connectivity index (χ0) is 34.4. The maximum atomic E-state index is 5.32. The summed E-state index contributed by atoms with van der Waals surface area (Å²) in [4.78, 5) is 20.8. The Labute approximate surface area is 299 Å². The van der Waals surface area contributed by atoms with E-state index < -0.39 is 8.07 Å². The van der Waals surface area contributed by atoms with Crippen LogP contribution in [0.3, 0.4) is 0 Å². The van der Waals surface area contributed by atoms with Gasteiger partial charge in [0.15, 0.2) is 11.6 Å². The van der Waals surface area contributed by atoms with Crippen LogP contribution in [0.4, 0.5) is 0 Å². The summed E-state index contributed by atoms with van der Waals surface area (Å²) in [5, 5.41) is 2.61. The molecule has 0 unspecified atom stereocenters. The van der Waals surface area contributed by atoms with Crippen molar-refractivity contribution in [3.8, 4) is 78.8 Å². The summed E-state index contributed by atoms with van der Waals surface area (Å²) in [6.07, 6.45) is 0. The first kappa shape index (κ1) is 30.7. The maximum Gasteiger partial charge on any atom is 0.160 e. The number of rotatable bonds is 6. The molecule has 4 nitrogen and oxygen atoms in total. The molecule has 0 aliphatic carbocycles. The fraction of sp³-hybridized carbons (Fsp3) is 0.0435. The topological polar surface area (TPSA) is 51.6 Å². The lowest BCUT2D eigenvalue weighted by atomic mass is 9.96. The molecule has 0 amide bonds. The molecule has 6 aromatic carbocycles. The smallest absolute Gasteiger partial charge is 0.160 e. The van der Waals surface area contributed by atoms with Gasteiger partial charge in [-0.15, -0.1) is 0 Å². The van der Waals surface area contributed by atoms with E-state index in [0.717, 1.165) is 61.9 Å². The van der Waals surface area contributed by atoms with E-state index in [2.05, 4.69) is 140 Å². The third-order valence-electron chi connectivity index (χ3n) is 9.86. The SMILES string of the molecule is C[Si]1(C)c2ccccc2-c2c(-c3cccc(-c4cccc(-c5nc(-c6ccccc6)cc(-c6ccccc6)n5)c4)c3)nc(-c3ccccc3)nc21. The van der Waals surface area contributed by atoms with Crippen LogP contribution in [-0.4, -0.2) is 28.0 Å². The van der Waals surface area contributed by atoms with Crippen LogP contribution in [0, 0.1) is 0 Å². The lowest BCUT2D eigenvalue weighted by Gasteiger charge is -2.19. The molecular formula is C46H34N4Si. The monoisotopic (exact) mass is 670 g/mol. The van der Waals surface area contributed by atoms with Gasteiger partial charge >= 0.3 is 0 Å². The van der Waals surface area contributed by atoms with Crippen LogP contribution >= 0.6 is 0 Å². The molecule has 0 saturated heterocycles. The van der Waals surface area contributed by atoms with Crippen LogP contribution in [0.25, 0.3) is 78.8 Å². The number of nitrogens with zero attached hydrogens (tertiary/aromatic N) is 4. The van der Waals surface area contributed by atoms with Gasteiger partial charge in [-0.05, 0) is 40.1 Å². The molecule has 242 valence electrons. The summed E-state index contributed by atoms with van der Waals surface area (Å²) in [6, 6.07) is 59.2. The highest BCUT2D eigenvalue weighted by Crippen LogP contribution is 2.38. The van der Waals surface area contributed by atoms with E-state index in [0.29, 0.717) is 5.82 Å². The van der Waals surface area contributed by atoms with Crippen LogP contribution in [0.15, 0.2) is 170 Å². The van der Waals surface area contributed by atoms with Gasteiger partial charge in [0.2, 0.25) is 0 Å². The number of aromatic nitrogens is 4. The van der Waals surface area contributed by atoms with Crippen LogP contribution < -0.4 is 10.5 Å². The van der Waals surface area contributed by atoms with Crippen LogP contribution in [0.5, 0.6) is 0 Å². The van der Waals surface area contributed by atoms with Gasteiger partial charge in [-0.1, -0.05) is 165 Å². The number of hydrogen-bond donors (Lipinski definition) is 0. The molecule has 0 atom stereocenters. The normalized spacial score (nSPS) is 12.7. The quantitative estimate of drug-likeness (QED) is 0.165. The lowest BCUT2D eigenvalue weighted by Crippen LogP contribution is -2.50. The molecule has 0 bridgehead atoms. The first-order valence-corrected chi connectivity index (χ1v) is 20.3. The second-order valence-corrected chi connectivity index (χ2v) is 17.8. The molecule has 0 N–H and O–H groups in total. The van der Waals surface area contributed by atoms with E-state index in [1.807, 2.05) is 42.5 Å². The first-order valence-electron chi connectivity index (χ1n) is 17.3. The minimum atomic E-state index is -2.06. The van der Waals surface area contributed by atoms with Gasteiger partial charge in [0.1, 0.15) is 8.07 Å². The number of hydrogen-bond acceptors (Lipinski definition) is 4. The van der Waals surface area contributed by atoms with Gasteiger partial charge in [0.25, 0.3) is 0 Å². The minimum Gasteiger partial charge on any atom is -0.237 e. The van der Waals surface area contributed by atoms with Gasteiger partial charge in [0.05, 0.1) is 17.1 Å². The Bertz CT molecular complexity index is 2490. The zero-order valence-electron chi connectivity index (χ0n) is 28.5. The van der Waals surface area contributed by atoms with Crippen molar-refractivity contribution < 1.29 is 0 Å². The van der Waals surface area contributed by atoms with Crippen molar-refractivity contribution in [2.24, 2.45) is 0 Å². The molecule has 5 heteroatoms. The largest absolute Gasteiger partial charge is 0.237 e. The summed E-state index contributed by atoms with van der Waals surface area (Å²) in [5.74, 6) is 1.47. The van der Waals surface area contributed by atoms with Gasteiger partial charge in [0, 0.05) is 38.7 Å². The highest BCUT2D eigenvalue weighted by molar-refractivity contribution is 7.03. The molecule has 3 heterocycles. The van der Waals surface area contributed by atoms with Gasteiger partial charge in [-0.25, -0.2) is 19.9 Å². The molecule has 51 heavy (non-hydrogen) atoms. The molecule has 1 aliphatic rings. The average molecular weight is 671 g/mol. The van der Waals surface area contributed by atoms with E-state index in [9.17, 15) is 0 Å². The minimum absolute atomic E-state index is 0.693. The summed E-state index contributed by atoms with van der Waals surface area (Å²) >= 11 is 0. The predicted octanol–water partition coefficient (Wildman–Crippen LogP) is 10.1. The fourth-order valence-corrected chi connectivity index (χ4v) is 10.2. The molecule has 0 spiro atoms. The van der Waals surface area contributed by atoms with Crippen molar-refractivity contribution in [2.75, 3.05) is 0 Å². The van der Waals surface area contributed by atoms with Gasteiger partial charge < -0.3 is 0 Å². The molecule has 0 fully saturated rings. The second-order valence-electron chi connectivity index (χ2n) is 13.5. The van der Waals surface area contributed by atoms with E-state index in [1.54, 1.807) is 0 Å². The molecule has 2 aromatic heterocycles. The highest BCUT2D eigenvalue weighted by Gasteiger charge is 2.41. The third kappa shape index (κ3) is 5.58. The van der Waals surface area contributed by atoms with Crippen molar-refractivity contribution >= 4 is 18.6 Å². The Morgan fingerprint density at radius 2 is 0.843 bits per heavy atom. The zero-order valence-corrected chi connectivity index (χ0v) is 29.5. The summed E-state index contributed by atoms with van der Waals surface area (Å²) in [6.45, 7) is 4.81. The number of fused-ring (bicyclic) bond motifs is 3. The molecule has 0 saturated carbocycles. The third-order valence-corrected chi connectivity index (χ3v) is 13.2. The van der Waals surface area contributed by atoms with Crippen LogP contribution in [-0.2, 0) is 0 Å². The predicted molar refractivity (Wildman–Crippen MR) is 212 cm³/mol. The van der Waals surface area contributed by atoms with E-state index in [-0.39, 0.29) is 0 Å². The molecule has 0 radical (unpaired) electrons. The van der Waals surface area contributed by atoms with Gasteiger partial charge in [-0.3, -0.25) is 0 Å². The Balaban J connectivity index is 1.18. The van der Waals surface area contributed by atoms with Crippen LogP contribution in [0.2, 0.25) is 13.1 Å². The van der Waals surface area contributed by atoms with Gasteiger partial charge in [-0.2, -0.15) is 0 Å². The second kappa shape index (κ2) is 12.5. The van der Waals surface area contributed by atoms with Crippen molar-refractivity contribution in [1.82, 2.24) is 19.9 Å². The fourth-order valence-electron chi connectivity index (χ4n) is 7.24. The molecule has 8 aromatic rings. The van der Waals surface area contributed by atoms with Crippen molar-refractivity contribution in [2.45, 2.75) is 13.1 Å². The average Bonchev–Trinajstić information content (AvgIpc) is 3.44. The highest BCUT2D eigenvalue weighted by atomic mass is 28.3. The lowest BCUT2D eigenvalue weighted by molar-refractivity contribution is 1.18. The Morgan fingerprint density at radius 3 is 1.47 bits per heavy atom. The van der Waals surface area contributed by atoms with E-state index >= 15 is 0 Å². The van der Waals surface area contributed by atoms with E-state index in [4.69, 9.17) is 19.9 Å². The summed E-state index contributed by atoms with van der Waals surface area (Å²) in [7, 11) is -2.06. The van der Waals surface area contributed by atoms with E-state index in [1.165, 1.54) is 21.6 Å². The van der Waals surface area contributed by atoms with Crippen molar-refractivity contribution in [3.05, 3.63) is 170 Å². The standard InChI is InChI=1S/C46H34N4Si/c1-51(2)41-27-13-12-26-38(41)42-43(49-44(50-46(42)51)33-20-10-5-11-21-33)36-24-14-22-34(28-36)35-23-15-25-37(29-35)45-47-39(31-16-6-3-7-17-31)30-40(48-45)32-18-8-4-9-19-32/h3-30H,1-2H3. The Hall–Kier alpha value is -6.30. The maximum absolute atomic E-state index is 5.32. The molecule has 1 aliphatic heterocycles. The first-order chi connectivity index (χ1) is 25.0. The van der Waals surface area contributed by atoms with Crippen molar-refractivity contribution in [1.29, 1.82) is 0 Å². The summed E-state index contributed by atoms with van der Waals surface area (Å²) in [5.41, 5.74) is 12.6. The number of benzene rings is 6. The Kier molecular flexibility index (Phi) is 7.56. The van der Waals surface area contributed by atoms with Crippen LogP contribution in [0.1, 0.15) is 0 Å².